The van der Waals surface area contributed by atoms with E-state index in [1.54, 1.807) is 42.1 Å². The molecule has 1 aromatic carbocycles. The van der Waals surface area contributed by atoms with Crippen molar-refractivity contribution in [2.24, 2.45) is 7.05 Å². The second kappa shape index (κ2) is 7.08. The average molecular weight is 319 g/mol. The summed E-state index contributed by atoms with van der Waals surface area (Å²) < 4.78 is 1.76. The summed E-state index contributed by atoms with van der Waals surface area (Å²) in [7, 11) is 1.83. The first kappa shape index (κ1) is 16.0. The van der Waals surface area contributed by atoms with E-state index in [0.717, 1.165) is 0 Å². The van der Waals surface area contributed by atoms with E-state index in [9.17, 15) is 9.59 Å². The Kier molecular flexibility index (Phi) is 5.16. The maximum Gasteiger partial charge on any atom is 0.237 e. The van der Waals surface area contributed by atoms with Gasteiger partial charge in [-0.1, -0.05) is 11.8 Å². The molecule has 2 N–H and O–H groups in total. The second-order valence-electron chi connectivity index (χ2n) is 4.73. The lowest BCUT2D eigenvalue weighted by Gasteiger charge is -2.11. The van der Waals surface area contributed by atoms with Crippen LogP contribution in [0.1, 0.15) is 13.8 Å². The van der Waals surface area contributed by atoms with Gasteiger partial charge >= 0.3 is 0 Å². The average Bonchev–Trinajstić information content (AvgIpc) is 2.86. The fourth-order valence-electron chi connectivity index (χ4n) is 1.67. The van der Waals surface area contributed by atoms with Gasteiger partial charge < -0.3 is 15.2 Å². The number of nitrogens with zero attached hydrogens (tertiary/aromatic N) is 3. The van der Waals surface area contributed by atoms with Crippen molar-refractivity contribution >= 4 is 35.0 Å². The van der Waals surface area contributed by atoms with Crippen molar-refractivity contribution in [3.8, 4) is 0 Å². The maximum absolute atomic E-state index is 12.2. The van der Waals surface area contributed by atoms with Gasteiger partial charge in [0.1, 0.15) is 6.33 Å². The summed E-state index contributed by atoms with van der Waals surface area (Å²) in [5.41, 5.74) is 1.36. The molecular weight excluding hydrogens is 302 g/mol. The van der Waals surface area contributed by atoms with Gasteiger partial charge in [-0.15, -0.1) is 10.2 Å². The predicted molar refractivity (Wildman–Crippen MR) is 85.7 cm³/mol. The number of hydrogen-bond acceptors (Lipinski definition) is 5. The van der Waals surface area contributed by atoms with Crippen LogP contribution in [0.5, 0.6) is 0 Å². The van der Waals surface area contributed by atoms with Crippen LogP contribution in [-0.2, 0) is 16.6 Å². The summed E-state index contributed by atoms with van der Waals surface area (Å²) >= 11 is 1.34. The van der Waals surface area contributed by atoms with Crippen LogP contribution in [-0.4, -0.2) is 31.8 Å². The highest BCUT2D eigenvalue weighted by Gasteiger charge is 2.17. The lowest BCUT2D eigenvalue weighted by molar-refractivity contribution is -0.115. The molecule has 0 saturated carbocycles. The number of hydrogen-bond donors (Lipinski definition) is 2. The van der Waals surface area contributed by atoms with Crippen molar-refractivity contribution in [2.75, 3.05) is 10.6 Å². The Morgan fingerprint density at radius 2 is 1.77 bits per heavy atom. The molecule has 2 aromatic rings. The molecule has 7 nitrogen and oxygen atoms in total. The fraction of sp³-hybridized carbons (Fsp3) is 0.286. The molecule has 2 amide bonds. The van der Waals surface area contributed by atoms with E-state index in [4.69, 9.17) is 0 Å². The molecule has 0 radical (unpaired) electrons. The highest BCUT2D eigenvalue weighted by Crippen LogP contribution is 2.21. The molecule has 116 valence electrons. The summed E-state index contributed by atoms with van der Waals surface area (Å²) in [6.45, 7) is 3.25. The van der Waals surface area contributed by atoms with Gasteiger partial charge in [0, 0.05) is 25.3 Å². The molecule has 22 heavy (non-hydrogen) atoms. The van der Waals surface area contributed by atoms with Gasteiger partial charge in [-0.2, -0.15) is 0 Å². The van der Waals surface area contributed by atoms with E-state index in [-0.39, 0.29) is 17.1 Å². The third-order valence-electron chi connectivity index (χ3n) is 2.79. The van der Waals surface area contributed by atoms with Crippen LogP contribution in [0, 0.1) is 0 Å². The van der Waals surface area contributed by atoms with Crippen LogP contribution in [0.15, 0.2) is 35.7 Å². The first-order chi connectivity index (χ1) is 10.5. The number of thioether (sulfide) groups is 1. The smallest absolute Gasteiger partial charge is 0.237 e. The van der Waals surface area contributed by atoms with Gasteiger partial charge in [0.25, 0.3) is 0 Å². The SMILES string of the molecule is CC(=O)Nc1ccc(NC(=O)[C@H](C)Sc2nncn2C)cc1. The van der Waals surface area contributed by atoms with E-state index in [1.165, 1.54) is 18.7 Å². The van der Waals surface area contributed by atoms with Gasteiger partial charge in [0.05, 0.1) is 5.25 Å². The number of rotatable bonds is 5. The lowest BCUT2D eigenvalue weighted by atomic mass is 10.2. The van der Waals surface area contributed by atoms with E-state index in [2.05, 4.69) is 20.8 Å². The van der Waals surface area contributed by atoms with Crippen LogP contribution < -0.4 is 10.6 Å². The van der Waals surface area contributed by atoms with E-state index in [0.29, 0.717) is 16.5 Å². The molecule has 2 rings (SSSR count). The highest BCUT2D eigenvalue weighted by atomic mass is 32.2. The molecular formula is C14H17N5O2S. The Morgan fingerprint density at radius 1 is 1.18 bits per heavy atom. The monoisotopic (exact) mass is 319 g/mol. The fourth-order valence-corrected chi connectivity index (χ4v) is 2.46. The van der Waals surface area contributed by atoms with E-state index >= 15 is 0 Å². The molecule has 0 fully saturated rings. The lowest BCUT2D eigenvalue weighted by Crippen LogP contribution is -2.22. The number of carbonyl (C=O) groups excluding carboxylic acids is 2. The summed E-state index contributed by atoms with van der Waals surface area (Å²) in [6, 6.07) is 6.95. The topological polar surface area (TPSA) is 88.9 Å². The summed E-state index contributed by atoms with van der Waals surface area (Å²) in [5.74, 6) is -0.259. The predicted octanol–water partition coefficient (Wildman–Crippen LogP) is 1.89. The summed E-state index contributed by atoms with van der Waals surface area (Å²) in [4.78, 5) is 23.1. The van der Waals surface area contributed by atoms with Crippen molar-refractivity contribution in [1.82, 2.24) is 14.8 Å². The van der Waals surface area contributed by atoms with Crippen molar-refractivity contribution in [2.45, 2.75) is 24.3 Å². The molecule has 0 unspecified atom stereocenters. The van der Waals surface area contributed by atoms with Crippen LogP contribution in [0.3, 0.4) is 0 Å². The van der Waals surface area contributed by atoms with Gasteiger partial charge in [-0.3, -0.25) is 9.59 Å². The van der Waals surface area contributed by atoms with Crippen molar-refractivity contribution in [3.63, 3.8) is 0 Å². The zero-order valence-corrected chi connectivity index (χ0v) is 13.3. The Bertz CT molecular complexity index is 668. The minimum Gasteiger partial charge on any atom is -0.326 e. The van der Waals surface area contributed by atoms with Crippen molar-refractivity contribution < 1.29 is 9.59 Å². The maximum atomic E-state index is 12.2. The molecule has 0 saturated heterocycles. The molecule has 1 heterocycles. The Balaban J connectivity index is 1.93. The van der Waals surface area contributed by atoms with Crippen LogP contribution in [0.2, 0.25) is 0 Å². The number of benzene rings is 1. The largest absolute Gasteiger partial charge is 0.326 e. The molecule has 0 aliphatic rings. The van der Waals surface area contributed by atoms with Crippen molar-refractivity contribution in [1.29, 1.82) is 0 Å². The molecule has 8 heteroatoms. The second-order valence-corrected chi connectivity index (χ2v) is 6.04. The minimum atomic E-state index is -0.307. The van der Waals surface area contributed by atoms with Crippen molar-refractivity contribution in [3.05, 3.63) is 30.6 Å². The quantitative estimate of drug-likeness (QED) is 0.822. The standard InChI is InChI=1S/C14H17N5O2S/c1-9(22-14-18-15-8-19(14)3)13(21)17-12-6-4-11(5-7-12)16-10(2)20/h4-9H,1-3H3,(H,16,20)(H,17,21)/t9-/m0/s1. The Hall–Kier alpha value is -2.35. The molecule has 0 bridgehead atoms. The van der Waals surface area contributed by atoms with Crippen LogP contribution in [0.4, 0.5) is 11.4 Å². The van der Waals surface area contributed by atoms with E-state index < -0.39 is 0 Å². The molecule has 1 aromatic heterocycles. The molecule has 0 spiro atoms. The molecule has 1 atom stereocenters. The third-order valence-corrected chi connectivity index (χ3v) is 3.94. The number of aromatic nitrogens is 3. The Labute approximate surface area is 132 Å². The van der Waals surface area contributed by atoms with E-state index in [1.807, 2.05) is 7.05 Å². The number of carbonyl (C=O) groups is 2. The van der Waals surface area contributed by atoms with Gasteiger partial charge in [0.15, 0.2) is 5.16 Å². The zero-order valence-electron chi connectivity index (χ0n) is 12.5. The summed E-state index contributed by atoms with van der Waals surface area (Å²) in [6.07, 6.45) is 1.59. The first-order valence-corrected chi connectivity index (χ1v) is 7.53. The first-order valence-electron chi connectivity index (χ1n) is 6.65. The number of nitrogens with one attached hydrogen (secondary N) is 2. The van der Waals surface area contributed by atoms with Gasteiger partial charge in [-0.25, -0.2) is 0 Å². The third kappa shape index (κ3) is 4.32. The minimum absolute atomic E-state index is 0.125. The molecule has 0 aliphatic heterocycles. The summed E-state index contributed by atoms with van der Waals surface area (Å²) in [5, 5.41) is 13.6. The van der Waals surface area contributed by atoms with Gasteiger partial charge in [0.2, 0.25) is 11.8 Å². The van der Waals surface area contributed by atoms with Gasteiger partial charge in [-0.05, 0) is 31.2 Å². The normalized spacial score (nSPS) is 11.8. The zero-order chi connectivity index (χ0) is 16.1. The van der Waals surface area contributed by atoms with Crippen LogP contribution in [0.25, 0.3) is 0 Å². The highest BCUT2D eigenvalue weighted by molar-refractivity contribution is 8.00. The van der Waals surface area contributed by atoms with Crippen LogP contribution >= 0.6 is 11.8 Å². The molecule has 0 aliphatic carbocycles. The Morgan fingerprint density at radius 3 is 2.27 bits per heavy atom. The number of anilines is 2. The number of aryl methyl sites for hydroxylation is 1. The number of amides is 2.